The number of rotatable bonds is 1. The van der Waals surface area contributed by atoms with Gasteiger partial charge >= 0.3 is 0 Å². The predicted molar refractivity (Wildman–Crippen MR) is 84.7 cm³/mol. The molecule has 0 aromatic carbocycles. The Bertz CT molecular complexity index is 463. The number of anilines is 1. The predicted octanol–water partition coefficient (Wildman–Crippen LogP) is 3.51. The van der Waals surface area contributed by atoms with Crippen LogP contribution in [0, 0.1) is 0 Å². The first kappa shape index (κ1) is 15.3. The molecular weight excluding hydrogens is 248 g/mol. The zero-order chi connectivity index (χ0) is 15.0. The third-order valence-electron chi connectivity index (χ3n) is 3.84. The average Bonchev–Trinajstić information content (AvgIpc) is 2.37. The number of hydrogen-bond acceptors (Lipinski definition) is 3. The molecule has 1 aromatic heterocycles. The molecule has 0 radical (unpaired) electrons. The molecule has 3 heteroatoms. The van der Waals surface area contributed by atoms with Gasteiger partial charge in [-0.2, -0.15) is 0 Å². The van der Waals surface area contributed by atoms with Crippen molar-refractivity contribution in [3.63, 3.8) is 0 Å². The molecule has 112 valence electrons. The smallest absolute Gasteiger partial charge is 0.128 e. The van der Waals surface area contributed by atoms with E-state index in [1.807, 2.05) is 0 Å². The van der Waals surface area contributed by atoms with Gasteiger partial charge in [-0.25, -0.2) is 4.98 Å². The summed E-state index contributed by atoms with van der Waals surface area (Å²) in [5.41, 5.74) is 3.01. The van der Waals surface area contributed by atoms with Crippen LogP contribution in [0.1, 0.15) is 52.7 Å². The second-order valence-corrected chi connectivity index (χ2v) is 7.69. The standard InChI is InChI=1S/C17H28N2O/c1-16(2,3)13-11-15(19-7-9-20-10-8-19)18-12-14(13)17(4,5)6/h11-12H,7-10H2,1-6H3. The van der Waals surface area contributed by atoms with E-state index in [2.05, 4.69) is 58.7 Å². The van der Waals surface area contributed by atoms with Crippen molar-refractivity contribution in [3.8, 4) is 0 Å². The fourth-order valence-corrected chi connectivity index (χ4v) is 2.63. The summed E-state index contributed by atoms with van der Waals surface area (Å²) in [6.45, 7) is 17.1. The molecule has 1 aromatic rings. The van der Waals surface area contributed by atoms with Gasteiger partial charge in [0.25, 0.3) is 0 Å². The summed E-state index contributed by atoms with van der Waals surface area (Å²) in [6, 6.07) is 2.28. The van der Waals surface area contributed by atoms with Gasteiger partial charge < -0.3 is 9.64 Å². The van der Waals surface area contributed by atoms with E-state index in [-0.39, 0.29) is 10.8 Å². The molecule has 2 rings (SSSR count). The van der Waals surface area contributed by atoms with Crippen LogP contribution in [-0.2, 0) is 15.6 Å². The molecule has 2 heterocycles. The Hall–Kier alpha value is -1.09. The molecule has 3 nitrogen and oxygen atoms in total. The summed E-state index contributed by atoms with van der Waals surface area (Å²) in [5.74, 6) is 1.09. The Morgan fingerprint density at radius 2 is 1.50 bits per heavy atom. The monoisotopic (exact) mass is 276 g/mol. The summed E-state index contributed by atoms with van der Waals surface area (Å²) in [6.07, 6.45) is 2.07. The lowest BCUT2D eigenvalue weighted by molar-refractivity contribution is 0.122. The third-order valence-corrected chi connectivity index (χ3v) is 3.84. The van der Waals surface area contributed by atoms with Crippen LogP contribution in [0.3, 0.4) is 0 Å². The molecule has 0 atom stereocenters. The van der Waals surface area contributed by atoms with E-state index in [9.17, 15) is 0 Å². The van der Waals surface area contributed by atoms with Crippen molar-refractivity contribution in [1.82, 2.24) is 4.98 Å². The van der Waals surface area contributed by atoms with E-state index < -0.39 is 0 Å². The zero-order valence-corrected chi connectivity index (χ0v) is 13.8. The van der Waals surface area contributed by atoms with Gasteiger partial charge in [0.05, 0.1) is 13.2 Å². The van der Waals surface area contributed by atoms with Gasteiger partial charge in [-0.05, 0) is 28.0 Å². The molecule has 0 spiro atoms. The maximum absolute atomic E-state index is 5.43. The highest BCUT2D eigenvalue weighted by molar-refractivity contribution is 5.48. The Labute approximate surface area is 123 Å². The lowest BCUT2D eigenvalue weighted by atomic mass is 9.76. The SMILES string of the molecule is CC(C)(C)c1cnc(N2CCOCC2)cc1C(C)(C)C. The van der Waals surface area contributed by atoms with Crippen LogP contribution in [0.5, 0.6) is 0 Å². The maximum atomic E-state index is 5.43. The first-order chi connectivity index (χ1) is 9.19. The Morgan fingerprint density at radius 1 is 0.950 bits per heavy atom. The summed E-state index contributed by atoms with van der Waals surface area (Å²) in [4.78, 5) is 7.04. The lowest BCUT2D eigenvalue weighted by Crippen LogP contribution is -2.37. The quantitative estimate of drug-likeness (QED) is 0.785. The van der Waals surface area contributed by atoms with Gasteiger partial charge in [0, 0.05) is 19.3 Å². The number of nitrogens with zero attached hydrogens (tertiary/aromatic N) is 2. The molecular formula is C17H28N2O. The lowest BCUT2D eigenvalue weighted by Gasteiger charge is -2.33. The van der Waals surface area contributed by atoms with Crippen molar-refractivity contribution in [2.75, 3.05) is 31.2 Å². The van der Waals surface area contributed by atoms with Crippen LogP contribution in [0.2, 0.25) is 0 Å². The van der Waals surface area contributed by atoms with Crippen molar-refractivity contribution in [3.05, 3.63) is 23.4 Å². The third kappa shape index (κ3) is 3.32. The minimum absolute atomic E-state index is 0.124. The fraction of sp³-hybridized carbons (Fsp3) is 0.706. The number of ether oxygens (including phenoxy) is 1. The summed E-state index contributed by atoms with van der Waals surface area (Å²) < 4.78 is 5.43. The first-order valence-electron chi connectivity index (χ1n) is 7.53. The zero-order valence-electron chi connectivity index (χ0n) is 13.8. The van der Waals surface area contributed by atoms with Gasteiger partial charge in [-0.1, -0.05) is 41.5 Å². The van der Waals surface area contributed by atoms with Crippen LogP contribution >= 0.6 is 0 Å². The second kappa shape index (κ2) is 5.36. The molecule has 1 aliphatic heterocycles. The Morgan fingerprint density at radius 3 is 2.00 bits per heavy atom. The second-order valence-electron chi connectivity index (χ2n) is 7.69. The summed E-state index contributed by atoms with van der Waals surface area (Å²) in [5, 5.41) is 0. The molecule has 0 saturated carbocycles. The fourth-order valence-electron chi connectivity index (χ4n) is 2.63. The maximum Gasteiger partial charge on any atom is 0.128 e. The summed E-state index contributed by atoms with van der Waals surface area (Å²) >= 11 is 0. The van der Waals surface area contributed by atoms with Crippen LogP contribution in [0.25, 0.3) is 0 Å². The minimum atomic E-state index is 0.124. The van der Waals surface area contributed by atoms with Crippen LogP contribution in [-0.4, -0.2) is 31.3 Å². The van der Waals surface area contributed by atoms with Crippen LogP contribution < -0.4 is 4.90 Å². The highest BCUT2D eigenvalue weighted by atomic mass is 16.5. The van der Waals surface area contributed by atoms with Crippen molar-refractivity contribution in [2.45, 2.75) is 52.4 Å². The van der Waals surface area contributed by atoms with Gasteiger partial charge in [-0.15, -0.1) is 0 Å². The normalized spacial score (nSPS) is 17.4. The number of hydrogen-bond donors (Lipinski definition) is 0. The minimum Gasteiger partial charge on any atom is -0.378 e. The van der Waals surface area contributed by atoms with Gasteiger partial charge in [0.15, 0.2) is 0 Å². The van der Waals surface area contributed by atoms with E-state index in [0.29, 0.717) is 0 Å². The summed E-state index contributed by atoms with van der Waals surface area (Å²) in [7, 11) is 0. The Balaban J connectivity index is 2.43. The molecule has 20 heavy (non-hydrogen) atoms. The van der Waals surface area contributed by atoms with Crippen molar-refractivity contribution in [2.24, 2.45) is 0 Å². The first-order valence-corrected chi connectivity index (χ1v) is 7.53. The van der Waals surface area contributed by atoms with E-state index in [4.69, 9.17) is 9.72 Å². The van der Waals surface area contributed by atoms with E-state index in [1.54, 1.807) is 0 Å². The number of morpholine rings is 1. The molecule has 1 fully saturated rings. The van der Waals surface area contributed by atoms with E-state index >= 15 is 0 Å². The number of pyridine rings is 1. The molecule has 0 bridgehead atoms. The van der Waals surface area contributed by atoms with E-state index in [1.165, 1.54) is 11.1 Å². The number of aromatic nitrogens is 1. The molecule has 0 amide bonds. The Kier molecular flexibility index (Phi) is 4.10. The average molecular weight is 276 g/mol. The molecule has 0 aliphatic carbocycles. The van der Waals surface area contributed by atoms with Crippen molar-refractivity contribution in [1.29, 1.82) is 0 Å². The highest BCUT2D eigenvalue weighted by Gasteiger charge is 2.27. The topological polar surface area (TPSA) is 25.4 Å². The van der Waals surface area contributed by atoms with Crippen LogP contribution in [0.15, 0.2) is 12.3 Å². The van der Waals surface area contributed by atoms with E-state index in [0.717, 1.165) is 32.1 Å². The van der Waals surface area contributed by atoms with Gasteiger partial charge in [-0.3, -0.25) is 0 Å². The van der Waals surface area contributed by atoms with Gasteiger partial charge in [0.2, 0.25) is 0 Å². The molecule has 0 N–H and O–H groups in total. The molecule has 1 saturated heterocycles. The van der Waals surface area contributed by atoms with Crippen molar-refractivity contribution >= 4 is 5.82 Å². The van der Waals surface area contributed by atoms with Gasteiger partial charge in [0.1, 0.15) is 5.82 Å². The molecule has 1 aliphatic rings. The highest BCUT2D eigenvalue weighted by Crippen LogP contribution is 2.35. The molecule has 0 unspecified atom stereocenters. The van der Waals surface area contributed by atoms with Crippen LogP contribution in [0.4, 0.5) is 5.82 Å². The van der Waals surface area contributed by atoms with Crippen molar-refractivity contribution < 1.29 is 4.74 Å². The largest absolute Gasteiger partial charge is 0.378 e.